The molecule has 0 aromatic heterocycles. The number of rotatable bonds is 2. The second kappa shape index (κ2) is 4.77. The van der Waals surface area contributed by atoms with Gasteiger partial charge in [0.05, 0.1) is 0 Å². The molecular formula is C15H20F6O. The maximum atomic E-state index is 13.1. The Morgan fingerprint density at radius 1 is 0.773 bits per heavy atom. The summed E-state index contributed by atoms with van der Waals surface area (Å²) in [6, 6.07) is 0. The van der Waals surface area contributed by atoms with Crippen LogP contribution in [0.25, 0.3) is 0 Å². The van der Waals surface area contributed by atoms with Crippen molar-refractivity contribution in [3.63, 3.8) is 0 Å². The van der Waals surface area contributed by atoms with E-state index >= 15 is 0 Å². The SMILES string of the molecule is C[C@@H](C1C2CC3CC(C2)CC1C3)C(O)(C(F)(F)F)C(F)(F)F. The minimum atomic E-state index is -5.71. The lowest BCUT2D eigenvalue weighted by atomic mass is 9.48. The Balaban J connectivity index is 1.93. The average molecular weight is 330 g/mol. The molecule has 0 unspecified atom stereocenters. The van der Waals surface area contributed by atoms with Crippen LogP contribution in [-0.4, -0.2) is 23.1 Å². The molecule has 0 aromatic carbocycles. The molecule has 4 aliphatic rings. The van der Waals surface area contributed by atoms with Crippen LogP contribution in [0.1, 0.15) is 39.0 Å². The van der Waals surface area contributed by atoms with Crippen molar-refractivity contribution in [2.75, 3.05) is 0 Å². The molecule has 4 fully saturated rings. The van der Waals surface area contributed by atoms with E-state index in [1.54, 1.807) is 0 Å². The van der Waals surface area contributed by atoms with Gasteiger partial charge in [-0.25, -0.2) is 0 Å². The van der Waals surface area contributed by atoms with Gasteiger partial charge in [0.25, 0.3) is 5.60 Å². The van der Waals surface area contributed by atoms with Gasteiger partial charge in [0, 0.05) is 5.92 Å². The zero-order valence-corrected chi connectivity index (χ0v) is 12.2. The molecule has 4 bridgehead atoms. The molecule has 1 nitrogen and oxygen atoms in total. The minimum Gasteiger partial charge on any atom is -0.373 e. The summed E-state index contributed by atoms with van der Waals surface area (Å²) in [5.41, 5.74) is -4.61. The van der Waals surface area contributed by atoms with E-state index in [0.29, 0.717) is 37.5 Å². The van der Waals surface area contributed by atoms with E-state index in [0.717, 1.165) is 13.3 Å². The Hall–Kier alpha value is -0.460. The molecule has 22 heavy (non-hydrogen) atoms. The molecule has 4 aliphatic carbocycles. The standard InChI is InChI=1S/C15H20F6O/c1-7(13(22,14(16,17)18)15(19,20)21)12-10-3-8-2-9(5-10)6-11(12)4-8/h7-12,22H,2-6H2,1H3/t7-,8?,9?,10?,11?,12?/m0/s1. The van der Waals surface area contributed by atoms with Gasteiger partial charge >= 0.3 is 12.4 Å². The number of hydrogen-bond acceptors (Lipinski definition) is 1. The Morgan fingerprint density at radius 2 is 1.14 bits per heavy atom. The Morgan fingerprint density at radius 3 is 1.45 bits per heavy atom. The van der Waals surface area contributed by atoms with Gasteiger partial charge in [-0.2, -0.15) is 26.3 Å². The van der Waals surface area contributed by atoms with Crippen molar-refractivity contribution in [2.45, 2.75) is 57.0 Å². The third-order valence-corrected chi connectivity index (χ3v) is 6.40. The van der Waals surface area contributed by atoms with Crippen molar-refractivity contribution in [1.29, 1.82) is 0 Å². The van der Waals surface area contributed by atoms with E-state index in [-0.39, 0.29) is 11.8 Å². The Kier molecular flexibility index (Phi) is 3.56. The topological polar surface area (TPSA) is 20.2 Å². The zero-order valence-electron chi connectivity index (χ0n) is 12.2. The Labute approximate surface area is 125 Å². The van der Waals surface area contributed by atoms with Gasteiger partial charge in [0.15, 0.2) is 0 Å². The summed E-state index contributed by atoms with van der Waals surface area (Å²) in [7, 11) is 0. The van der Waals surface area contributed by atoms with Crippen LogP contribution in [-0.2, 0) is 0 Å². The normalized spacial score (nSPS) is 40.1. The molecule has 0 aliphatic heterocycles. The first-order valence-electron chi connectivity index (χ1n) is 7.81. The summed E-state index contributed by atoms with van der Waals surface area (Å²) in [4.78, 5) is 0. The highest BCUT2D eigenvalue weighted by atomic mass is 19.4. The molecule has 128 valence electrons. The van der Waals surface area contributed by atoms with E-state index in [9.17, 15) is 31.4 Å². The maximum Gasteiger partial charge on any atom is 0.426 e. The average Bonchev–Trinajstić information content (AvgIpc) is 2.33. The number of aliphatic hydroxyl groups is 1. The number of hydrogen-bond donors (Lipinski definition) is 1. The summed E-state index contributed by atoms with van der Waals surface area (Å²) in [5, 5.41) is 9.69. The van der Waals surface area contributed by atoms with Crippen molar-refractivity contribution >= 4 is 0 Å². The lowest BCUT2D eigenvalue weighted by Gasteiger charge is -2.58. The van der Waals surface area contributed by atoms with Gasteiger partial charge in [0.2, 0.25) is 0 Å². The summed E-state index contributed by atoms with van der Waals surface area (Å²) in [5.74, 6) is -1.86. The third-order valence-electron chi connectivity index (χ3n) is 6.40. The van der Waals surface area contributed by atoms with Crippen molar-refractivity contribution in [3.8, 4) is 0 Å². The van der Waals surface area contributed by atoms with Crippen LogP contribution in [0.4, 0.5) is 26.3 Å². The molecule has 7 heteroatoms. The molecule has 0 spiro atoms. The van der Waals surface area contributed by atoms with Crippen LogP contribution >= 0.6 is 0 Å². The summed E-state index contributed by atoms with van der Waals surface area (Å²) in [6.45, 7) is 0.938. The van der Waals surface area contributed by atoms with E-state index in [1.165, 1.54) is 0 Å². The van der Waals surface area contributed by atoms with Gasteiger partial charge in [-0.3, -0.25) is 0 Å². The van der Waals surface area contributed by atoms with E-state index < -0.39 is 29.8 Å². The van der Waals surface area contributed by atoms with Crippen molar-refractivity contribution in [2.24, 2.45) is 35.5 Å². The van der Waals surface area contributed by atoms with Crippen molar-refractivity contribution in [1.82, 2.24) is 0 Å². The summed E-state index contributed by atoms with van der Waals surface area (Å²) >= 11 is 0. The van der Waals surface area contributed by atoms with Crippen LogP contribution in [0.15, 0.2) is 0 Å². The minimum absolute atomic E-state index is 0.109. The highest BCUT2D eigenvalue weighted by Gasteiger charge is 2.74. The molecule has 4 rings (SSSR count). The molecule has 0 heterocycles. The monoisotopic (exact) mass is 330 g/mol. The van der Waals surface area contributed by atoms with Crippen molar-refractivity contribution in [3.05, 3.63) is 0 Å². The van der Waals surface area contributed by atoms with Crippen LogP contribution < -0.4 is 0 Å². The second-order valence-electron chi connectivity index (χ2n) is 7.56. The second-order valence-corrected chi connectivity index (χ2v) is 7.56. The van der Waals surface area contributed by atoms with E-state index in [2.05, 4.69) is 0 Å². The van der Waals surface area contributed by atoms with E-state index in [1.807, 2.05) is 0 Å². The third kappa shape index (κ3) is 2.18. The van der Waals surface area contributed by atoms with Crippen LogP contribution in [0.2, 0.25) is 0 Å². The molecule has 0 radical (unpaired) electrons. The number of alkyl halides is 6. The molecule has 0 aromatic rings. The van der Waals surface area contributed by atoms with Crippen LogP contribution in [0, 0.1) is 35.5 Å². The highest BCUT2D eigenvalue weighted by Crippen LogP contribution is 2.62. The van der Waals surface area contributed by atoms with Crippen molar-refractivity contribution < 1.29 is 31.4 Å². The highest BCUT2D eigenvalue weighted by molar-refractivity contribution is 5.07. The molecule has 1 N–H and O–H groups in total. The molecule has 4 saturated carbocycles. The molecule has 0 amide bonds. The molecule has 0 saturated heterocycles. The number of halogens is 6. The molecule has 1 atom stereocenters. The fraction of sp³-hybridized carbons (Fsp3) is 1.00. The summed E-state index contributed by atoms with van der Waals surface area (Å²) in [6.07, 6.45) is -7.49. The van der Waals surface area contributed by atoms with E-state index in [4.69, 9.17) is 0 Å². The van der Waals surface area contributed by atoms with Crippen LogP contribution in [0.3, 0.4) is 0 Å². The first-order chi connectivity index (χ1) is 9.95. The largest absolute Gasteiger partial charge is 0.426 e. The van der Waals surface area contributed by atoms with Gasteiger partial charge in [-0.1, -0.05) is 6.92 Å². The zero-order chi connectivity index (χ0) is 16.5. The molecular weight excluding hydrogens is 310 g/mol. The fourth-order valence-corrected chi connectivity index (χ4v) is 5.74. The van der Waals surface area contributed by atoms with Gasteiger partial charge in [-0.15, -0.1) is 0 Å². The predicted octanol–water partition coefficient (Wildman–Crippen LogP) is 4.55. The quantitative estimate of drug-likeness (QED) is 0.737. The lowest BCUT2D eigenvalue weighted by Crippen LogP contribution is -2.65. The first-order valence-corrected chi connectivity index (χ1v) is 7.81. The fourth-order valence-electron chi connectivity index (χ4n) is 5.74. The van der Waals surface area contributed by atoms with Gasteiger partial charge in [-0.05, 0) is 61.7 Å². The lowest BCUT2D eigenvalue weighted by molar-refractivity contribution is -0.391. The smallest absolute Gasteiger partial charge is 0.373 e. The van der Waals surface area contributed by atoms with Gasteiger partial charge in [0.1, 0.15) is 0 Å². The summed E-state index contributed by atoms with van der Waals surface area (Å²) < 4.78 is 78.6. The maximum absolute atomic E-state index is 13.1. The van der Waals surface area contributed by atoms with Gasteiger partial charge < -0.3 is 5.11 Å². The first kappa shape index (κ1) is 16.4. The predicted molar refractivity (Wildman–Crippen MR) is 66.8 cm³/mol. The van der Waals surface area contributed by atoms with Crippen LogP contribution in [0.5, 0.6) is 0 Å². The Bertz CT molecular complexity index is 398.